The van der Waals surface area contributed by atoms with Gasteiger partial charge < -0.3 is 11.1 Å². The van der Waals surface area contributed by atoms with Gasteiger partial charge in [0.25, 0.3) is 5.91 Å². The zero-order chi connectivity index (χ0) is 17.8. The van der Waals surface area contributed by atoms with E-state index in [1.807, 2.05) is 6.92 Å². The van der Waals surface area contributed by atoms with Crippen molar-refractivity contribution in [2.24, 2.45) is 11.7 Å². The Balaban J connectivity index is 0.00000182. The minimum atomic E-state index is -0.249. The number of hydrogen-bond donors (Lipinski definition) is 2. The number of aryl methyl sites for hydroxylation is 1. The number of carbonyl (C=O) groups is 1. The number of aromatic nitrogens is 1. The number of nitrogens with two attached hydrogens (primary N) is 1. The Morgan fingerprint density at radius 2 is 1.93 bits per heavy atom. The fourth-order valence-corrected chi connectivity index (χ4v) is 4.43. The van der Waals surface area contributed by atoms with Crippen LogP contribution in [-0.4, -0.2) is 23.5 Å². The molecule has 27 heavy (non-hydrogen) atoms. The molecule has 0 radical (unpaired) electrons. The lowest BCUT2D eigenvalue weighted by molar-refractivity contribution is 0.0911. The molecule has 3 N–H and O–H groups in total. The molecule has 0 saturated heterocycles. The van der Waals surface area contributed by atoms with Crippen molar-refractivity contribution in [1.82, 2.24) is 10.3 Å². The molecule has 1 aromatic heterocycles. The first-order valence-electron chi connectivity index (χ1n) is 8.78. The first-order valence-corrected chi connectivity index (χ1v) is 9.60. The third-order valence-electron chi connectivity index (χ3n) is 4.84. The summed E-state index contributed by atoms with van der Waals surface area (Å²) in [6, 6.07) is 6.55. The van der Waals surface area contributed by atoms with E-state index >= 15 is 0 Å². The minimum Gasteiger partial charge on any atom is -0.348 e. The van der Waals surface area contributed by atoms with Crippen LogP contribution in [0.2, 0.25) is 0 Å². The largest absolute Gasteiger partial charge is 0.348 e. The third-order valence-corrected chi connectivity index (χ3v) is 6.00. The van der Waals surface area contributed by atoms with Crippen LogP contribution in [0.25, 0.3) is 0 Å². The molecule has 4 nitrogen and oxygen atoms in total. The molecule has 150 valence electrons. The standard InChI is InChI=1S/C19H24FN3OS.2ClH/c1-12-18(19(24)23-16-5-3-2-4-14(16)11-21)25-17(22-12)10-13-6-8-15(20)9-7-13;;/h6-9,14,16H,2-5,10-11,21H2,1H3,(H,23,24);2*1H. The van der Waals surface area contributed by atoms with E-state index in [1.54, 1.807) is 12.1 Å². The molecule has 0 spiro atoms. The molecule has 1 saturated carbocycles. The van der Waals surface area contributed by atoms with E-state index in [0.29, 0.717) is 23.8 Å². The van der Waals surface area contributed by atoms with Crippen LogP contribution < -0.4 is 11.1 Å². The zero-order valence-corrected chi connectivity index (χ0v) is 17.7. The van der Waals surface area contributed by atoms with Crippen molar-refractivity contribution in [2.75, 3.05) is 6.54 Å². The monoisotopic (exact) mass is 433 g/mol. The Labute approximate surface area is 176 Å². The molecule has 0 bridgehead atoms. The number of hydrogen-bond acceptors (Lipinski definition) is 4. The van der Waals surface area contributed by atoms with Gasteiger partial charge >= 0.3 is 0 Å². The van der Waals surface area contributed by atoms with Gasteiger partial charge in [-0.15, -0.1) is 36.2 Å². The quantitative estimate of drug-likeness (QED) is 0.739. The van der Waals surface area contributed by atoms with Crippen LogP contribution in [0.5, 0.6) is 0 Å². The predicted molar refractivity (Wildman–Crippen MR) is 113 cm³/mol. The van der Waals surface area contributed by atoms with Crippen LogP contribution in [0, 0.1) is 18.7 Å². The normalized spacial score (nSPS) is 18.9. The second kappa shape index (κ2) is 11.0. The fourth-order valence-electron chi connectivity index (χ4n) is 3.43. The van der Waals surface area contributed by atoms with Crippen LogP contribution >= 0.6 is 36.2 Å². The maximum Gasteiger partial charge on any atom is 0.263 e. The van der Waals surface area contributed by atoms with E-state index in [0.717, 1.165) is 35.5 Å². The number of amides is 1. The number of carbonyl (C=O) groups excluding carboxylic acids is 1. The van der Waals surface area contributed by atoms with Gasteiger partial charge in [0, 0.05) is 12.5 Å². The van der Waals surface area contributed by atoms with Gasteiger partial charge in [-0.3, -0.25) is 4.79 Å². The molecule has 2 aromatic rings. The van der Waals surface area contributed by atoms with E-state index in [1.165, 1.54) is 29.9 Å². The zero-order valence-electron chi connectivity index (χ0n) is 15.2. The molecule has 1 heterocycles. The van der Waals surface area contributed by atoms with Crippen LogP contribution in [0.3, 0.4) is 0 Å². The van der Waals surface area contributed by atoms with E-state index in [2.05, 4.69) is 10.3 Å². The van der Waals surface area contributed by atoms with Crippen molar-refractivity contribution in [2.45, 2.75) is 45.1 Å². The van der Waals surface area contributed by atoms with Gasteiger partial charge in [-0.1, -0.05) is 25.0 Å². The van der Waals surface area contributed by atoms with Crippen molar-refractivity contribution in [1.29, 1.82) is 0 Å². The van der Waals surface area contributed by atoms with Crippen LogP contribution in [0.4, 0.5) is 4.39 Å². The van der Waals surface area contributed by atoms with E-state index in [9.17, 15) is 9.18 Å². The lowest BCUT2D eigenvalue weighted by Crippen LogP contribution is -2.44. The van der Waals surface area contributed by atoms with Gasteiger partial charge in [0.2, 0.25) is 0 Å². The van der Waals surface area contributed by atoms with Crippen molar-refractivity contribution in [3.63, 3.8) is 0 Å². The predicted octanol–water partition coefficient (Wildman–Crippen LogP) is 4.27. The number of rotatable bonds is 5. The molecule has 0 aliphatic heterocycles. The van der Waals surface area contributed by atoms with E-state index < -0.39 is 0 Å². The molecular weight excluding hydrogens is 408 g/mol. The molecule has 2 unspecified atom stereocenters. The van der Waals surface area contributed by atoms with Crippen molar-refractivity contribution >= 4 is 42.1 Å². The van der Waals surface area contributed by atoms with Gasteiger partial charge in [-0.2, -0.15) is 0 Å². The molecule has 1 aliphatic rings. The molecule has 1 fully saturated rings. The molecule has 1 aliphatic carbocycles. The number of nitrogens with one attached hydrogen (secondary N) is 1. The second-order valence-corrected chi connectivity index (χ2v) is 7.77. The van der Waals surface area contributed by atoms with Gasteiger partial charge in [0.15, 0.2) is 0 Å². The lowest BCUT2D eigenvalue weighted by Gasteiger charge is -2.31. The summed E-state index contributed by atoms with van der Waals surface area (Å²) in [6.45, 7) is 2.48. The molecule has 1 aromatic carbocycles. The van der Waals surface area contributed by atoms with Crippen molar-refractivity contribution in [3.05, 3.63) is 51.2 Å². The first kappa shape index (κ1) is 23.8. The summed E-state index contributed by atoms with van der Waals surface area (Å²) in [7, 11) is 0. The van der Waals surface area contributed by atoms with Gasteiger partial charge in [-0.25, -0.2) is 9.37 Å². The average Bonchev–Trinajstić information content (AvgIpc) is 2.98. The van der Waals surface area contributed by atoms with Crippen LogP contribution in [-0.2, 0) is 6.42 Å². The van der Waals surface area contributed by atoms with Crippen LogP contribution in [0.1, 0.15) is 51.6 Å². The summed E-state index contributed by atoms with van der Waals surface area (Å²) in [5.41, 5.74) is 7.58. The Morgan fingerprint density at radius 3 is 2.59 bits per heavy atom. The van der Waals surface area contributed by atoms with Crippen LogP contribution in [0.15, 0.2) is 24.3 Å². The summed E-state index contributed by atoms with van der Waals surface area (Å²) < 4.78 is 13.0. The highest BCUT2D eigenvalue weighted by molar-refractivity contribution is 7.13. The SMILES string of the molecule is Cc1nc(Cc2ccc(F)cc2)sc1C(=O)NC1CCCCC1CN.Cl.Cl. The Bertz CT molecular complexity index is 739. The summed E-state index contributed by atoms with van der Waals surface area (Å²) in [5, 5.41) is 4.03. The lowest BCUT2D eigenvalue weighted by atomic mass is 9.84. The van der Waals surface area contributed by atoms with Gasteiger partial charge in [0.05, 0.1) is 10.7 Å². The number of thiazole rings is 1. The summed E-state index contributed by atoms with van der Waals surface area (Å²) >= 11 is 1.42. The average molecular weight is 434 g/mol. The molecule has 2 atom stereocenters. The summed E-state index contributed by atoms with van der Waals surface area (Å²) in [5.74, 6) is 0.0661. The highest BCUT2D eigenvalue weighted by Crippen LogP contribution is 2.25. The highest BCUT2D eigenvalue weighted by atomic mass is 35.5. The number of halogens is 3. The maximum absolute atomic E-state index is 13.0. The number of nitrogens with zero attached hydrogens (tertiary/aromatic N) is 1. The maximum atomic E-state index is 13.0. The Hall–Kier alpha value is -1.21. The minimum absolute atomic E-state index is 0. The van der Waals surface area contributed by atoms with Gasteiger partial charge in [-0.05, 0) is 49.9 Å². The van der Waals surface area contributed by atoms with E-state index in [-0.39, 0.29) is 42.6 Å². The second-order valence-electron chi connectivity index (χ2n) is 6.69. The van der Waals surface area contributed by atoms with Gasteiger partial charge in [0.1, 0.15) is 10.7 Å². The topological polar surface area (TPSA) is 68.0 Å². The van der Waals surface area contributed by atoms with E-state index in [4.69, 9.17) is 5.73 Å². The fraction of sp³-hybridized carbons (Fsp3) is 0.474. The molecule has 1 amide bonds. The third kappa shape index (κ3) is 6.14. The summed E-state index contributed by atoms with van der Waals surface area (Å²) in [4.78, 5) is 17.9. The smallest absolute Gasteiger partial charge is 0.263 e. The van der Waals surface area contributed by atoms with Crippen molar-refractivity contribution < 1.29 is 9.18 Å². The first-order chi connectivity index (χ1) is 12.1. The van der Waals surface area contributed by atoms with Crippen molar-refractivity contribution in [3.8, 4) is 0 Å². The Morgan fingerprint density at radius 1 is 1.26 bits per heavy atom. The molecular formula is C19H26Cl2FN3OS. The summed E-state index contributed by atoms with van der Waals surface area (Å²) in [6.07, 6.45) is 5.01. The highest BCUT2D eigenvalue weighted by Gasteiger charge is 2.27. The Kier molecular flexibility index (Phi) is 9.67. The molecule has 3 rings (SSSR count). The number of benzene rings is 1. The molecule has 8 heteroatoms.